The first-order chi connectivity index (χ1) is 47.4. The second kappa shape index (κ2) is 36.8. The number of halogens is 10. The summed E-state index contributed by atoms with van der Waals surface area (Å²) in [7, 11) is 7.36. The number of fused-ring (bicyclic) bond motifs is 2. The van der Waals surface area contributed by atoms with Crippen molar-refractivity contribution < 1.29 is 68.9 Å². The summed E-state index contributed by atoms with van der Waals surface area (Å²) in [5.74, 6) is -1.78. The van der Waals surface area contributed by atoms with Crippen LogP contribution >= 0.6 is 37.2 Å². The molecule has 3 fully saturated rings. The molecule has 6 aromatic rings. The SMILES string of the molecule is CN(CCN1CCC(OC(=O)Nc2ccccc2-c2ccccc2)CC1)C(=O)CCCCCCN(C)c1ccc(C(=O)N(C)CCCN(C)C(=O)CO[C@H]2Cc3ccccc3C23CCN(CC[C@]2(c4ccc(F)cc4)CN(C(=O)c4cc(C(F)(F)F)cc(C(F)(F)F)c4)CO2)CC3)cc1.Cl.Cl.Cl. The molecular weight excluding hydrogens is 1390 g/mol. The number of carbonyl (C=O) groups excluding carboxylic acids is 5. The molecule has 0 aromatic heterocycles. The first kappa shape index (κ1) is 81.8. The molecule has 3 heterocycles. The lowest BCUT2D eigenvalue weighted by atomic mass is 9.72. The lowest BCUT2D eigenvalue weighted by molar-refractivity contribution is -0.143. The molecule has 554 valence electrons. The van der Waals surface area contributed by atoms with E-state index in [0.29, 0.717) is 100 Å². The zero-order chi connectivity index (χ0) is 70.5. The molecule has 102 heavy (non-hydrogen) atoms. The normalized spacial score (nSPS) is 17.5. The van der Waals surface area contributed by atoms with Crippen molar-refractivity contribution in [3.8, 4) is 11.1 Å². The number of para-hydroxylation sites is 1. The molecule has 0 bridgehead atoms. The molecule has 16 nitrogen and oxygen atoms in total. The number of likely N-dealkylation sites (N-methyl/N-ethyl adjacent to an activating group) is 2. The number of nitrogens with one attached hydrogen (secondary N) is 1. The van der Waals surface area contributed by atoms with Crippen LogP contribution in [0.3, 0.4) is 0 Å². The van der Waals surface area contributed by atoms with Gasteiger partial charge < -0.3 is 48.5 Å². The second-order valence-corrected chi connectivity index (χ2v) is 26.8. The van der Waals surface area contributed by atoms with Gasteiger partial charge in [0.1, 0.15) is 30.9 Å². The average Bonchev–Trinajstić information content (AvgIpc) is 1.58. The van der Waals surface area contributed by atoms with Crippen molar-refractivity contribution >= 4 is 78.3 Å². The highest BCUT2D eigenvalue weighted by Gasteiger charge is 2.50. The average molecular weight is 1480 g/mol. The number of hydrogen-bond donors (Lipinski definition) is 1. The summed E-state index contributed by atoms with van der Waals surface area (Å²) in [6, 6.07) is 39.6. The van der Waals surface area contributed by atoms with Crippen LogP contribution in [0.25, 0.3) is 11.1 Å². The third-order valence-corrected chi connectivity index (χ3v) is 20.2. The van der Waals surface area contributed by atoms with E-state index in [0.717, 1.165) is 92.0 Å². The first-order valence-corrected chi connectivity index (χ1v) is 34.2. The molecule has 3 saturated heterocycles. The Balaban J connectivity index is 0.00000486. The number of amides is 5. The zero-order valence-corrected chi connectivity index (χ0v) is 60.4. The quantitative estimate of drug-likeness (QED) is 0.0388. The molecule has 0 radical (unpaired) electrons. The van der Waals surface area contributed by atoms with Gasteiger partial charge in [-0.2, -0.15) is 26.3 Å². The maximum Gasteiger partial charge on any atom is 0.416 e. The zero-order valence-electron chi connectivity index (χ0n) is 58.0. The van der Waals surface area contributed by atoms with Crippen molar-refractivity contribution in [2.45, 2.75) is 113 Å². The molecule has 5 amide bonds. The number of anilines is 2. The number of piperidine rings is 2. The monoisotopic (exact) mass is 1480 g/mol. The Morgan fingerprint density at radius 1 is 0.618 bits per heavy atom. The Morgan fingerprint density at radius 3 is 1.90 bits per heavy atom. The standard InChI is InChI=1S/C76H89F7N8O8.3ClH/c1-85(37-15-6-5-10-23-68(92)87(3)45-46-89-40-32-63(33-41-89)99-72(96)84-66-22-14-12-20-64(66)54-17-8-7-9-18-54)62-30-24-55(25-31-62)70(94)88(4)39-16-38-86(2)69(93)51-97-67-49-56-19-11-13-21-65(56)73(67)34-42-90(43-35-73)44-36-74(58-26-28-61(77)29-27-58)52-91(53-98-74)71(95)57-47-59(75(78,79)80)50-60(48-57)76(81,82)83;;;/h7-9,11-14,17-22,24-31,47-48,50,63,67H,5-6,10,15-16,23,32-46,49,51-53H2,1-4H3,(H,84,96);3*1H/t67-,74+;;;/m0.../s1. The third kappa shape index (κ3) is 20.9. The van der Waals surface area contributed by atoms with E-state index in [2.05, 4.69) is 32.1 Å². The number of alkyl halides is 6. The highest BCUT2D eigenvalue weighted by molar-refractivity contribution is 5.95. The van der Waals surface area contributed by atoms with Gasteiger partial charge in [-0.25, -0.2) is 9.18 Å². The van der Waals surface area contributed by atoms with E-state index in [1.807, 2.05) is 110 Å². The van der Waals surface area contributed by atoms with E-state index >= 15 is 0 Å². The minimum atomic E-state index is -5.15. The molecule has 10 rings (SSSR count). The van der Waals surface area contributed by atoms with Crippen LogP contribution in [-0.2, 0) is 53.6 Å². The molecule has 2 atom stereocenters. The largest absolute Gasteiger partial charge is 0.446 e. The predicted molar refractivity (Wildman–Crippen MR) is 386 cm³/mol. The van der Waals surface area contributed by atoms with Crippen LogP contribution in [0.1, 0.15) is 119 Å². The van der Waals surface area contributed by atoms with Gasteiger partial charge in [0.15, 0.2) is 0 Å². The van der Waals surface area contributed by atoms with Crippen molar-refractivity contribution in [2.75, 3.05) is 124 Å². The van der Waals surface area contributed by atoms with Crippen molar-refractivity contribution in [2.24, 2.45) is 0 Å². The van der Waals surface area contributed by atoms with Gasteiger partial charge in [0.05, 0.1) is 29.5 Å². The van der Waals surface area contributed by atoms with Gasteiger partial charge in [-0.15, -0.1) is 37.2 Å². The number of nitrogens with zero attached hydrogens (tertiary/aromatic N) is 7. The Kier molecular flexibility index (Phi) is 29.5. The summed E-state index contributed by atoms with van der Waals surface area (Å²) in [5, 5.41) is 2.94. The lowest BCUT2D eigenvalue weighted by Gasteiger charge is -2.44. The van der Waals surface area contributed by atoms with Crippen LogP contribution in [0.2, 0.25) is 0 Å². The van der Waals surface area contributed by atoms with Crippen LogP contribution < -0.4 is 10.2 Å². The smallest absolute Gasteiger partial charge is 0.416 e. The van der Waals surface area contributed by atoms with Crippen molar-refractivity contribution in [1.29, 1.82) is 0 Å². The number of carbonyl (C=O) groups is 5. The maximum absolute atomic E-state index is 14.3. The van der Waals surface area contributed by atoms with Gasteiger partial charge in [0, 0.05) is 115 Å². The summed E-state index contributed by atoms with van der Waals surface area (Å²) in [6.45, 7) is 5.49. The predicted octanol–water partition coefficient (Wildman–Crippen LogP) is 14.7. The van der Waals surface area contributed by atoms with E-state index in [4.69, 9.17) is 14.2 Å². The molecule has 0 saturated carbocycles. The van der Waals surface area contributed by atoms with Crippen LogP contribution in [-0.4, -0.2) is 185 Å². The van der Waals surface area contributed by atoms with Crippen LogP contribution in [0.15, 0.2) is 146 Å². The van der Waals surface area contributed by atoms with Gasteiger partial charge in [0.25, 0.3) is 11.8 Å². The van der Waals surface area contributed by atoms with E-state index < -0.39 is 64.6 Å². The second-order valence-electron chi connectivity index (χ2n) is 26.8. The molecule has 1 N–H and O–H groups in total. The number of hydrogen-bond acceptors (Lipinski definition) is 11. The Labute approximate surface area is 611 Å². The number of ether oxygens (including phenoxy) is 3. The molecular formula is C76H92Cl3F7N8O8. The fourth-order valence-corrected chi connectivity index (χ4v) is 14.1. The van der Waals surface area contributed by atoms with Crippen molar-refractivity contribution in [3.05, 3.63) is 190 Å². The minimum Gasteiger partial charge on any atom is -0.446 e. The number of likely N-dealkylation sites (tertiary alicyclic amines) is 2. The highest BCUT2D eigenvalue weighted by atomic mass is 35.5. The molecule has 0 unspecified atom stereocenters. The minimum absolute atomic E-state index is 0. The van der Waals surface area contributed by atoms with Crippen LogP contribution in [0, 0.1) is 5.82 Å². The Morgan fingerprint density at radius 2 is 1.23 bits per heavy atom. The lowest BCUT2D eigenvalue weighted by Crippen LogP contribution is -2.50. The van der Waals surface area contributed by atoms with Crippen LogP contribution in [0.5, 0.6) is 0 Å². The molecule has 26 heteroatoms. The summed E-state index contributed by atoms with van der Waals surface area (Å²) >= 11 is 0. The topological polar surface area (TPSA) is 148 Å². The van der Waals surface area contributed by atoms with Crippen LogP contribution in [0.4, 0.5) is 46.9 Å². The van der Waals surface area contributed by atoms with Gasteiger partial charge in [-0.3, -0.25) is 24.5 Å². The van der Waals surface area contributed by atoms with Gasteiger partial charge >= 0.3 is 18.4 Å². The van der Waals surface area contributed by atoms with E-state index in [-0.39, 0.29) is 92.8 Å². The van der Waals surface area contributed by atoms with E-state index in [1.165, 1.54) is 29.8 Å². The fraction of sp³-hybridized carbons (Fsp3) is 0.461. The molecule has 4 aliphatic rings. The van der Waals surface area contributed by atoms with Crippen molar-refractivity contribution in [3.63, 3.8) is 0 Å². The maximum atomic E-state index is 14.3. The molecule has 1 spiro atoms. The Hall–Kier alpha value is -7.51. The number of rotatable bonds is 27. The van der Waals surface area contributed by atoms with Gasteiger partial charge in [-0.05, 0) is 154 Å². The number of benzene rings is 6. The summed E-state index contributed by atoms with van der Waals surface area (Å²) in [4.78, 5) is 79.8. The summed E-state index contributed by atoms with van der Waals surface area (Å²) in [5.41, 5.74) is 1.33. The van der Waals surface area contributed by atoms with E-state index in [1.54, 1.807) is 23.9 Å². The molecule has 1 aliphatic carbocycles. The van der Waals surface area contributed by atoms with E-state index in [9.17, 15) is 54.7 Å². The third-order valence-electron chi connectivity index (χ3n) is 20.2. The molecule has 3 aliphatic heterocycles. The first-order valence-electron chi connectivity index (χ1n) is 34.2. The number of unbranched alkanes of at least 4 members (excludes halogenated alkanes) is 3. The fourth-order valence-electron chi connectivity index (χ4n) is 14.1. The van der Waals surface area contributed by atoms with Gasteiger partial charge in [0.2, 0.25) is 11.8 Å². The summed E-state index contributed by atoms with van der Waals surface area (Å²) < 4.78 is 116. The Bertz CT molecular complexity index is 3700. The summed E-state index contributed by atoms with van der Waals surface area (Å²) in [6.07, 6.45) is -2.79. The van der Waals surface area contributed by atoms with Gasteiger partial charge in [-0.1, -0.05) is 97.8 Å². The highest BCUT2D eigenvalue weighted by Crippen LogP contribution is 2.49. The molecule has 6 aromatic carbocycles. The van der Waals surface area contributed by atoms with Crippen molar-refractivity contribution in [1.82, 2.24) is 29.4 Å².